The Morgan fingerprint density at radius 1 is 1.12 bits per heavy atom. The summed E-state index contributed by atoms with van der Waals surface area (Å²) < 4.78 is 9.00. The Morgan fingerprint density at radius 3 is 1.82 bits per heavy atom. The zero-order valence-corrected chi connectivity index (χ0v) is 10.9. The van der Waals surface area contributed by atoms with Crippen LogP contribution in [0.1, 0.15) is 34.1 Å². The van der Waals surface area contributed by atoms with Crippen molar-refractivity contribution >= 4 is 11.9 Å². The van der Waals surface area contributed by atoms with E-state index in [2.05, 4.69) is 9.47 Å². The Balaban J connectivity index is 0. The fraction of sp³-hybridized carbons (Fsp3) is 0.818. The Kier molecular flexibility index (Phi) is 10.8. The normalized spacial score (nSPS) is 10.0. The van der Waals surface area contributed by atoms with Crippen molar-refractivity contribution in [2.45, 2.75) is 39.7 Å². The van der Waals surface area contributed by atoms with Crippen molar-refractivity contribution in [2.24, 2.45) is 0 Å². The highest BCUT2D eigenvalue weighted by Gasteiger charge is 2.24. The number of hydrogen-bond donors (Lipinski definition) is 2. The highest BCUT2D eigenvalue weighted by molar-refractivity contribution is 5.78. The largest absolute Gasteiger partial charge is 0.466 e. The molecule has 0 aliphatic rings. The van der Waals surface area contributed by atoms with E-state index in [4.69, 9.17) is 10.2 Å². The molecule has 0 aliphatic heterocycles. The lowest BCUT2D eigenvalue weighted by molar-refractivity contribution is -0.161. The van der Waals surface area contributed by atoms with E-state index in [-0.39, 0.29) is 19.0 Å². The van der Waals surface area contributed by atoms with Gasteiger partial charge in [-0.15, -0.1) is 0 Å². The number of rotatable bonds is 5. The molecule has 2 N–H and O–H groups in total. The second-order valence-corrected chi connectivity index (χ2v) is 3.56. The summed E-state index contributed by atoms with van der Waals surface area (Å²) in [6.45, 7) is 6.79. The standard InChI is InChI=1S/C6H12O3.C5H10O3/c1-4-9-5(7)6(2,3)8;1-2-8-5(7)3-4-6/h8H,4H2,1-3H3;6H,2-4H2,1H3. The number of carbonyl (C=O) groups excluding carboxylic acids is 2. The summed E-state index contributed by atoms with van der Waals surface area (Å²) in [5, 5.41) is 17.1. The van der Waals surface area contributed by atoms with Crippen LogP contribution in [0.4, 0.5) is 0 Å². The smallest absolute Gasteiger partial charge is 0.337 e. The minimum absolute atomic E-state index is 0.105. The summed E-state index contributed by atoms with van der Waals surface area (Å²) in [6, 6.07) is 0. The van der Waals surface area contributed by atoms with E-state index in [1.807, 2.05) is 0 Å². The van der Waals surface area contributed by atoms with Gasteiger partial charge in [-0.25, -0.2) is 4.79 Å². The molecule has 0 fully saturated rings. The molecule has 0 saturated carbocycles. The number of esters is 2. The highest BCUT2D eigenvalue weighted by Crippen LogP contribution is 2.02. The van der Waals surface area contributed by atoms with Gasteiger partial charge in [-0.1, -0.05) is 0 Å². The van der Waals surface area contributed by atoms with Gasteiger partial charge < -0.3 is 19.7 Å². The van der Waals surface area contributed by atoms with E-state index in [1.54, 1.807) is 13.8 Å². The minimum atomic E-state index is -1.35. The average molecular weight is 250 g/mol. The Bertz CT molecular complexity index is 210. The maximum Gasteiger partial charge on any atom is 0.337 e. The number of ether oxygens (including phenoxy) is 2. The second-order valence-electron chi connectivity index (χ2n) is 3.56. The van der Waals surface area contributed by atoms with Crippen LogP contribution < -0.4 is 0 Å². The SMILES string of the molecule is CCOC(=O)C(C)(C)O.CCOC(=O)CCO. The third-order valence-electron chi connectivity index (χ3n) is 1.40. The lowest BCUT2D eigenvalue weighted by atomic mass is 10.1. The average Bonchev–Trinajstić information content (AvgIpc) is 2.18. The Morgan fingerprint density at radius 2 is 1.59 bits per heavy atom. The van der Waals surface area contributed by atoms with Crippen molar-refractivity contribution in [3.8, 4) is 0 Å². The van der Waals surface area contributed by atoms with Crippen molar-refractivity contribution in [3.05, 3.63) is 0 Å². The van der Waals surface area contributed by atoms with Gasteiger partial charge in [0.25, 0.3) is 0 Å². The van der Waals surface area contributed by atoms with Crippen LogP contribution in [0.5, 0.6) is 0 Å². The van der Waals surface area contributed by atoms with Crippen LogP contribution >= 0.6 is 0 Å². The van der Waals surface area contributed by atoms with Crippen LogP contribution in [0.2, 0.25) is 0 Å². The van der Waals surface area contributed by atoms with Crippen LogP contribution in [0, 0.1) is 0 Å². The quantitative estimate of drug-likeness (QED) is 0.679. The molecule has 0 aromatic rings. The number of aliphatic hydroxyl groups excluding tert-OH is 1. The van der Waals surface area contributed by atoms with Crippen LogP contribution in [0.25, 0.3) is 0 Å². The minimum Gasteiger partial charge on any atom is -0.466 e. The fourth-order valence-electron chi connectivity index (χ4n) is 0.632. The fourth-order valence-corrected chi connectivity index (χ4v) is 0.632. The first-order valence-electron chi connectivity index (χ1n) is 5.45. The first kappa shape index (κ1) is 18.2. The summed E-state index contributed by atoms with van der Waals surface area (Å²) in [6.07, 6.45) is 0.105. The van der Waals surface area contributed by atoms with Gasteiger partial charge in [0.2, 0.25) is 0 Å². The van der Waals surface area contributed by atoms with Crippen molar-refractivity contribution in [3.63, 3.8) is 0 Å². The zero-order valence-electron chi connectivity index (χ0n) is 10.9. The first-order chi connectivity index (χ1) is 7.79. The van der Waals surface area contributed by atoms with Crippen LogP contribution in [0.3, 0.4) is 0 Å². The Hall–Kier alpha value is -1.14. The molecule has 0 radical (unpaired) electrons. The van der Waals surface area contributed by atoms with E-state index < -0.39 is 11.6 Å². The number of hydrogen-bond acceptors (Lipinski definition) is 6. The van der Waals surface area contributed by atoms with Gasteiger partial charge in [0.15, 0.2) is 5.60 Å². The van der Waals surface area contributed by atoms with Crippen molar-refractivity contribution in [2.75, 3.05) is 19.8 Å². The number of carbonyl (C=O) groups is 2. The van der Waals surface area contributed by atoms with Crippen molar-refractivity contribution in [1.29, 1.82) is 0 Å². The van der Waals surface area contributed by atoms with Crippen LogP contribution in [0.15, 0.2) is 0 Å². The maximum absolute atomic E-state index is 10.6. The third-order valence-corrected chi connectivity index (χ3v) is 1.40. The highest BCUT2D eigenvalue weighted by atomic mass is 16.5. The molecule has 17 heavy (non-hydrogen) atoms. The molecule has 0 aromatic carbocycles. The summed E-state index contributed by atoms with van der Waals surface area (Å²) in [5.74, 6) is -0.917. The molecule has 0 unspecified atom stereocenters. The van der Waals surface area contributed by atoms with Gasteiger partial charge in [0.05, 0.1) is 26.2 Å². The predicted molar refractivity (Wildman–Crippen MR) is 61.3 cm³/mol. The lowest BCUT2D eigenvalue weighted by Crippen LogP contribution is -2.32. The molecule has 0 heterocycles. The van der Waals surface area contributed by atoms with Crippen LogP contribution in [-0.4, -0.2) is 47.6 Å². The molecular weight excluding hydrogens is 228 g/mol. The maximum atomic E-state index is 10.6. The summed E-state index contributed by atoms with van der Waals surface area (Å²) in [7, 11) is 0. The van der Waals surface area contributed by atoms with Gasteiger partial charge in [-0.3, -0.25) is 4.79 Å². The van der Waals surface area contributed by atoms with E-state index >= 15 is 0 Å². The zero-order chi connectivity index (χ0) is 13.9. The monoisotopic (exact) mass is 250 g/mol. The number of aliphatic hydroxyl groups is 2. The second kappa shape index (κ2) is 10.0. The molecule has 0 aliphatic carbocycles. The molecule has 0 atom stereocenters. The molecule has 102 valence electrons. The molecular formula is C11H22O6. The Labute approximate surface area is 102 Å². The van der Waals surface area contributed by atoms with Crippen molar-refractivity contribution < 1.29 is 29.3 Å². The van der Waals surface area contributed by atoms with Gasteiger partial charge in [-0.05, 0) is 27.7 Å². The summed E-state index contributed by atoms with van der Waals surface area (Å²) in [4.78, 5) is 20.9. The van der Waals surface area contributed by atoms with E-state index in [1.165, 1.54) is 13.8 Å². The van der Waals surface area contributed by atoms with E-state index in [0.717, 1.165) is 0 Å². The molecule has 0 rings (SSSR count). The lowest BCUT2D eigenvalue weighted by Gasteiger charge is -2.13. The van der Waals surface area contributed by atoms with Gasteiger partial charge in [0.1, 0.15) is 0 Å². The first-order valence-corrected chi connectivity index (χ1v) is 5.45. The molecule has 0 saturated heterocycles. The molecule has 0 amide bonds. The van der Waals surface area contributed by atoms with Gasteiger partial charge in [0, 0.05) is 0 Å². The molecule has 0 bridgehead atoms. The van der Waals surface area contributed by atoms with Crippen LogP contribution in [-0.2, 0) is 19.1 Å². The molecule has 6 heteroatoms. The van der Waals surface area contributed by atoms with Crippen molar-refractivity contribution in [1.82, 2.24) is 0 Å². The topological polar surface area (TPSA) is 93.1 Å². The third kappa shape index (κ3) is 12.8. The summed E-state index contributed by atoms with van der Waals surface area (Å²) >= 11 is 0. The summed E-state index contributed by atoms with van der Waals surface area (Å²) in [5.41, 5.74) is -1.35. The predicted octanol–water partition coefficient (Wildman–Crippen LogP) is 0.252. The van der Waals surface area contributed by atoms with E-state index in [0.29, 0.717) is 13.2 Å². The van der Waals surface area contributed by atoms with Gasteiger partial charge >= 0.3 is 11.9 Å². The molecule has 6 nitrogen and oxygen atoms in total. The van der Waals surface area contributed by atoms with Gasteiger partial charge in [-0.2, -0.15) is 0 Å². The van der Waals surface area contributed by atoms with E-state index in [9.17, 15) is 9.59 Å². The molecule has 0 spiro atoms. The molecule has 0 aromatic heterocycles.